The van der Waals surface area contributed by atoms with Gasteiger partial charge in [-0.25, -0.2) is 4.98 Å². The van der Waals surface area contributed by atoms with E-state index in [1.165, 1.54) is 0 Å². The van der Waals surface area contributed by atoms with E-state index in [4.69, 9.17) is 10.2 Å². The van der Waals surface area contributed by atoms with Crippen LogP contribution < -0.4 is 10.7 Å². The molecule has 3 N–H and O–H groups in total. The summed E-state index contributed by atoms with van der Waals surface area (Å²) in [4.78, 5) is 3.03. The molecule has 0 atom stereocenters. The average molecular weight is 276 g/mol. The van der Waals surface area contributed by atoms with Crippen LogP contribution in [0.3, 0.4) is 0 Å². The number of pyridine rings is 1. The van der Waals surface area contributed by atoms with E-state index in [0.29, 0.717) is 17.1 Å². The number of furan rings is 1. The number of rotatable bonds is 2. The minimum absolute atomic E-state index is 0.336. The number of aromatic nitrogens is 1. The van der Waals surface area contributed by atoms with Crippen molar-refractivity contribution in [3.8, 4) is 28.7 Å². The third-order valence-electron chi connectivity index (χ3n) is 3.30. The number of H-pyrrole nitrogens is 1. The summed E-state index contributed by atoms with van der Waals surface area (Å²) in [6, 6.07) is 17.5. The Morgan fingerprint density at radius 1 is 1.14 bits per heavy atom. The van der Waals surface area contributed by atoms with Crippen LogP contribution in [0.15, 0.2) is 52.9 Å². The predicted molar refractivity (Wildman–Crippen MR) is 80.0 cm³/mol. The van der Waals surface area contributed by atoms with E-state index in [2.05, 4.69) is 11.1 Å². The maximum atomic E-state index is 9.35. The highest BCUT2D eigenvalue weighted by Gasteiger charge is 2.18. The predicted octanol–water partition coefficient (Wildman–Crippen LogP) is 3.19. The first-order valence-electron chi connectivity index (χ1n) is 6.57. The normalized spacial score (nSPS) is 10.3. The van der Waals surface area contributed by atoms with Crippen LogP contribution in [0.1, 0.15) is 11.3 Å². The summed E-state index contributed by atoms with van der Waals surface area (Å²) < 4.78 is 5.62. The second-order valence-electron chi connectivity index (χ2n) is 4.77. The van der Waals surface area contributed by atoms with Crippen molar-refractivity contribution in [2.45, 2.75) is 6.92 Å². The number of nitrogens with one attached hydrogen (secondary N) is 1. The van der Waals surface area contributed by atoms with Gasteiger partial charge in [-0.05, 0) is 30.7 Å². The van der Waals surface area contributed by atoms with Crippen LogP contribution in [-0.2, 0) is 0 Å². The van der Waals surface area contributed by atoms with Crippen molar-refractivity contribution < 1.29 is 9.40 Å². The average Bonchev–Trinajstić information content (AvgIpc) is 2.94. The number of benzene rings is 1. The summed E-state index contributed by atoms with van der Waals surface area (Å²) in [5.41, 5.74) is 8.92. The second-order valence-corrected chi connectivity index (χ2v) is 4.77. The van der Waals surface area contributed by atoms with Gasteiger partial charge in [0.05, 0.1) is 0 Å². The third kappa shape index (κ3) is 2.37. The topological polar surface area (TPSA) is 77.1 Å². The SMILES string of the molecule is Cc1ccc(-c2cc(-c3ccccc3)c(C#N)c(N)[nH+]2)o1. The maximum Gasteiger partial charge on any atom is 0.289 e. The molecule has 0 bridgehead atoms. The van der Waals surface area contributed by atoms with Crippen LogP contribution in [0.25, 0.3) is 22.6 Å². The number of hydrogen-bond acceptors (Lipinski definition) is 3. The van der Waals surface area contributed by atoms with Gasteiger partial charge < -0.3 is 4.42 Å². The molecule has 21 heavy (non-hydrogen) atoms. The van der Waals surface area contributed by atoms with Gasteiger partial charge in [-0.3, -0.25) is 5.73 Å². The Morgan fingerprint density at radius 3 is 2.52 bits per heavy atom. The number of aromatic amines is 1. The first-order chi connectivity index (χ1) is 10.2. The molecule has 1 aromatic carbocycles. The molecule has 0 fully saturated rings. The highest BCUT2D eigenvalue weighted by molar-refractivity contribution is 5.76. The highest BCUT2D eigenvalue weighted by Crippen LogP contribution is 2.29. The molecular weight excluding hydrogens is 262 g/mol. The Bertz CT molecular complexity index is 829. The molecule has 0 saturated heterocycles. The van der Waals surface area contributed by atoms with Gasteiger partial charge in [-0.1, -0.05) is 30.3 Å². The molecule has 0 saturated carbocycles. The van der Waals surface area contributed by atoms with Crippen LogP contribution in [-0.4, -0.2) is 0 Å². The maximum absolute atomic E-state index is 9.35. The van der Waals surface area contributed by atoms with Gasteiger partial charge in [0, 0.05) is 5.56 Å². The molecule has 0 aliphatic heterocycles. The van der Waals surface area contributed by atoms with Crippen molar-refractivity contribution in [2.75, 3.05) is 5.73 Å². The van der Waals surface area contributed by atoms with Gasteiger partial charge in [0.1, 0.15) is 17.4 Å². The van der Waals surface area contributed by atoms with E-state index in [0.717, 1.165) is 22.6 Å². The van der Waals surface area contributed by atoms with Crippen molar-refractivity contribution in [2.24, 2.45) is 0 Å². The standard InChI is InChI=1S/C17H13N3O/c1-11-7-8-16(21-11)15-9-13(12-5-3-2-4-6-12)14(10-18)17(19)20-15/h2-9H,1H3,(H2,19,20)/p+1. The van der Waals surface area contributed by atoms with Gasteiger partial charge in [0.15, 0.2) is 11.5 Å². The Morgan fingerprint density at radius 2 is 1.90 bits per heavy atom. The highest BCUT2D eigenvalue weighted by atomic mass is 16.3. The van der Waals surface area contributed by atoms with Gasteiger partial charge in [-0.2, -0.15) is 5.26 Å². The minimum atomic E-state index is 0.336. The number of aryl methyl sites for hydroxylation is 1. The molecule has 4 heteroatoms. The molecule has 0 amide bonds. The lowest BCUT2D eigenvalue weighted by Crippen LogP contribution is -2.16. The smallest absolute Gasteiger partial charge is 0.289 e. The monoisotopic (exact) mass is 276 g/mol. The lowest BCUT2D eigenvalue weighted by Gasteiger charge is -2.05. The van der Waals surface area contributed by atoms with E-state index in [-0.39, 0.29) is 0 Å². The fraction of sp³-hybridized carbons (Fsp3) is 0.0588. The minimum Gasteiger partial charge on any atom is -0.458 e. The summed E-state index contributed by atoms with van der Waals surface area (Å²) in [5, 5.41) is 9.35. The van der Waals surface area contributed by atoms with Crippen molar-refractivity contribution in [3.63, 3.8) is 0 Å². The van der Waals surface area contributed by atoms with Crippen LogP contribution >= 0.6 is 0 Å². The van der Waals surface area contributed by atoms with E-state index in [1.54, 1.807) is 0 Å². The lowest BCUT2D eigenvalue weighted by atomic mass is 10.00. The number of hydrogen-bond donors (Lipinski definition) is 1. The summed E-state index contributed by atoms with van der Waals surface area (Å²) >= 11 is 0. The summed E-state index contributed by atoms with van der Waals surface area (Å²) in [5.74, 6) is 1.85. The second kappa shape index (κ2) is 5.14. The molecule has 0 aliphatic carbocycles. The zero-order valence-electron chi connectivity index (χ0n) is 11.6. The van der Waals surface area contributed by atoms with E-state index < -0.39 is 0 Å². The fourth-order valence-electron chi connectivity index (χ4n) is 2.28. The van der Waals surface area contributed by atoms with Gasteiger partial charge >= 0.3 is 0 Å². The largest absolute Gasteiger partial charge is 0.458 e. The molecule has 4 nitrogen and oxygen atoms in total. The van der Waals surface area contributed by atoms with E-state index >= 15 is 0 Å². The zero-order chi connectivity index (χ0) is 14.8. The van der Waals surface area contributed by atoms with Crippen molar-refractivity contribution >= 4 is 5.82 Å². The Kier molecular flexibility index (Phi) is 3.17. The molecule has 2 aromatic heterocycles. The van der Waals surface area contributed by atoms with Crippen molar-refractivity contribution in [1.29, 1.82) is 5.26 Å². The molecular formula is C17H14N3O+. The van der Waals surface area contributed by atoms with Gasteiger partial charge in [-0.15, -0.1) is 0 Å². The van der Waals surface area contributed by atoms with Crippen LogP contribution in [0.2, 0.25) is 0 Å². The van der Waals surface area contributed by atoms with Gasteiger partial charge in [0.25, 0.3) is 5.82 Å². The molecule has 0 spiro atoms. The Balaban J connectivity index is 2.23. The Hall–Kier alpha value is -3.06. The quantitative estimate of drug-likeness (QED) is 0.780. The summed E-state index contributed by atoms with van der Waals surface area (Å²) in [7, 11) is 0. The van der Waals surface area contributed by atoms with Crippen LogP contribution in [0.5, 0.6) is 0 Å². The van der Waals surface area contributed by atoms with E-state index in [1.807, 2.05) is 55.5 Å². The van der Waals surface area contributed by atoms with E-state index in [9.17, 15) is 5.26 Å². The lowest BCUT2D eigenvalue weighted by molar-refractivity contribution is -0.348. The molecule has 102 valence electrons. The van der Waals surface area contributed by atoms with Crippen LogP contribution in [0.4, 0.5) is 5.82 Å². The van der Waals surface area contributed by atoms with Crippen LogP contribution in [0, 0.1) is 18.3 Å². The summed E-state index contributed by atoms with van der Waals surface area (Å²) in [6.07, 6.45) is 0. The third-order valence-corrected chi connectivity index (χ3v) is 3.30. The van der Waals surface area contributed by atoms with Gasteiger partial charge in [0.2, 0.25) is 0 Å². The first-order valence-corrected chi connectivity index (χ1v) is 6.57. The Labute approximate surface area is 122 Å². The number of nitrogens with zero attached hydrogens (tertiary/aromatic N) is 1. The number of nitrogen functional groups attached to an aromatic ring is 1. The van der Waals surface area contributed by atoms with Crippen molar-refractivity contribution in [1.82, 2.24) is 0 Å². The molecule has 0 radical (unpaired) electrons. The first kappa shape index (κ1) is 12.9. The fourth-order valence-corrected chi connectivity index (χ4v) is 2.28. The molecule has 0 unspecified atom stereocenters. The molecule has 2 heterocycles. The number of anilines is 1. The number of nitrogens with two attached hydrogens (primary N) is 1. The zero-order valence-corrected chi connectivity index (χ0v) is 11.6. The van der Waals surface area contributed by atoms with Crippen molar-refractivity contribution in [3.05, 3.63) is 59.9 Å². The molecule has 3 rings (SSSR count). The molecule has 3 aromatic rings. The molecule has 0 aliphatic rings. The number of nitriles is 1. The summed E-state index contributed by atoms with van der Waals surface area (Å²) in [6.45, 7) is 1.88.